The van der Waals surface area contributed by atoms with Crippen LogP contribution in [0.25, 0.3) is 16.5 Å². The molecule has 0 aliphatic rings. The van der Waals surface area contributed by atoms with Crippen molar-refractivity contribution in [3.05, 3.63) is 93.3 Å². The number of rotatable bonds is 5. The summed E-state index contributed by atoms with van der Waals surface area (Å²) in [5, 5.41) is 5.26. The fourth-order valence-electron chi connectivity index (χ4n) is 3.58. The Kier molecular flexibility index (Phi) is 5.55. The van der Waals surface area contributed by atoms with Crippen LogP contribution in [0, 0.1) is 6.92 Å². The lowest BCUT2D eigenvalue weighted by Crippen LogP contribution is -2.26. The number of aromatic nitrogens is 3. The summed E-state index contributed by atoms with van der Waals surface area (Å²) < 4.78 is 1.73. The molecule has 0 aliphatic heterocycles. The third-order valence-corrected chi connectivity index (χ3v) is 5.49. The molecule has 0 unspecified atom stereocenters. The van der Waals surface area contributed by atoms with E-state index >= 15 is 0 Å². The van der Waals surface area contributed by atoms with Gasteiger partial charge in [-0.05, 0) is 43.5 Å². The van der Waals surface area contributed by atoms with Crippen LogP contribution in [0.3, 0.4) is 0 Å². The first-order valence-electron chi connectivity index (χ1n) is 9.98. The smallest absolute Gasteiger partial charge is 0.264 e. The number of hydrogen-bond acceptors (Lipinski definition) is 4. The molecular weight excluding hydrogens is 396 g/mol. The minimum atomic E-state index is -0.181. The zero-order chi connectivity index (χ0) is 21.3. The molecule has 0 amide bonds. The van der Waals surface area contributed by atoms with Crippen LogP contribution in [-0.2, 0) is 6.42 Å². The molecule has 4 rings (SSSR count). The minimum Gasteiger partial charge on any atom is -0.362 e. The third kappa shape index (κ3) is 3.68. The van der Waals surface area contributed by atoms with Crippen LogP contribution >= 0.6 is 11.6 Å². The van der Waals surface area contributed by atoms with E-state index in [0.717, 1.165) is 40.4 Å². The molecule has 0 spiro atoms. The van der Waals surface area contributed by atoms with E-state index in [1.165, 1.54) is 0 Å². The summed E-state index contributed by atoms with van der Waals surface area (Å²) in [5.74, 6) is 1.55. The number of fused-ring (bicyclic) bond motifs is 1. The van der Waals surface area contributed by atoms with Gasteiger partial charge >= 0.3 is 0 Å². The first-order valence-corrected chi connectivity index (χ1v) is 10.4. The van der Waals surface area contributed by atoms with Gasteiger partial charge in [0.1, 0.15) is 11.6 Å². The quantitative estimate of drug-likeness (QED) is 0.466. The van der Waals surface area contributed by atoms with Gasteiger partial charge in [-0.25, -0.2) is 9.97 Å². The van der Waals surface area contributed by atoms with Crippen LogP contribution in [0.15, 0.2) is 65.6 Å². The normalized spacial score (nSPS) is 12.1. The second kappa shape index (κ2) is 8.28. The van der Waals surface area contributed by atoms with Crippen LogP contribution in [0.2, 0.25) is 5.02 Å². The van der Waals surface area contributed by atoms with Crippen molar-refractivity contribution in [3.63, 3.8) is 0 Å². The van der Waals surface area contributed by atoms with Crippen LogP contribution in [0.5, 0.6) is 0 Å². The molecule has 30 heavy (non-hydrogen) atoms. The maximum Gasteiger partial charge on any atom is 0.264 e. The number of halogens is 1. The van der Waals surface area contributed by atoms with Crippen LogP contribution in [0.1, 0.15) is 37.0 Å². The molecular formula is C24H23ClN4O. The van der Waals surface area contributed by atoms with Gasteiger partial charge < -0.3 is 5.32 Å². The van der Waals surface area contributed by atoms with Crippen molar-refractivity contribution in [1.29, 1.82) is 0 Å². The van der Waals surface area contributed by atoms with E-state index in [1.54, 1.807) is 10.6 Å². The minimum absolute atomic E-state index is 0.137. The van der Waals surface area contributed by atoms with Crippen molar-refractivity contribution in [2.45, 2.75) is 33.2 Å². The Morgan fingerprint density at radius 1 is 1.13 bits per heavy atom. The SMILES string of the molecule is CCc1ncc(C)c(N[C@H](C)c2cc3cccc(Cl)c3c(=O)n2-c2ccccc2)n1. The summed E-state index contributed by atoms with van der Waals surface area (Å²) in [5.41, 5.74) is 2.44. The average Bonchev–Trinajstić information content (AvgIpc) is 2.75. The lowest BCUT2D eigenvalue weighted by Gasteiger charge is -2.22. The van der Waals surface area contributed by atoms with Gasteiger partial charge in [-0.2, -0.15) is 0 Å². The Bertz CT molecular complexity index is 1270. The number of aryl methyl sites for hydroxylation is 2. The molecule has 0 saturated heterocycles. The predicted octanol–water partition coefficient (Wildman–Crippen LogP) is 5.48. The molecule has 6 heteroatoms. The number of anilines is 1. The van der Waals surface area contributed by atoms with Crippen molar-refractivity contribution < 1.29 is 0 Å². The molecule has 1 atom stereocenters. The van der Waals surface area contributed by atoms with Crippen LogP contribution < -0.4 is 10.9 Å². The van der Waals surface area contributed by atoms with Gasteiger partial charge in [-0.3, -0.25) is 9.36 Å². The number of nitrogens with one attached hydrogen (secondary N) is 1. The zero-order valence-electron chi connectivity index (χ0n) is 17.2. The molecule has 2 aromatic carbocycles. The second-order valence-corrected chi connectivity index (χ2v) is 7.69. The van der Waals surface area contributed by atoms with Gasteiger partial charge in [0.2, 0.25) is 0 Å². The molecule has 0 aliphatic carbocycles. The summed E-state index contributed by atoms with van der Waals surface area (Å²) >= 11 is 6.39. The topological polar surface area (TPSA) is 59.8 Å². The monoisotopic (exact) mass is 418 g/mol. The molecule has 2 heterocycles. The summed E-state index contributed by atoms with van der Waals surface area (Å²) in [6, 6.07) is 17.0. The van der Waals surface area contributed by atoms with Crippen molar-refractivity contribution in [2.24, 2.45) is 0 Å². The van der Waals surface area contributed by atoms with Gasteiger partial charge in [0.05, 0.1) is 16.5 Å². The highest BCUT2D eigenvalue weighted by molar-refractivity contribution is 6.35. The van der Waals surface area contributed by atoms with Crippen molar-refractivity contribution in [2.75, 3.05) is 5.32 Å². The number of pyridine rings is 1. The lowest BCUT2D eigenvalue weighted by molar-refractivity contribution is 0.768. The van der Waals surface area contributed by atoms with Crippen molar-refractivity contribution in [3.8, 4) is 5.69 Å². The van der Waals surface area contributed by atoms with E-state index in [1.807, 2.05) is 75.5 Å². The maximum absolute atomic E-state index is 13.5. The van der Waals surface area contributed by atoms with Crippen LogP contribution in [-0.4, -0.2) is 14.5 Å². The average molecular weight is 419 g/mol. The Hall–Kier alpha value is -3.18. The Balaban J connectivity index is 1.90. The van der Waals surface area contributed by atoms with E-state index < -0.39 is 0 Å². The molecule has 0 radical (unpaired) electrons. The van der Waals surface area contributed by atoms with E-state index in [9.17, 15) is 4.79 Å². The number of nitrogens with zero attached hydrogens (tertiary/aromatic N) is 3. The summed E-state index contributed by atoms with van der Waals surface area (Å²) in [7, 11) is 0. The van der Waals surface area contributed by atoms with E-state index in [2.05, 4.69) is 15.3 Å². The predicted molar refractivity (Wildman–Crippen MR) is 123 cm³/mol. The number of para-hydroxylation sites is 1. The molecule has 0 saturated carbocycles. The number of hydrogen-bond donors (Lipinski definition) is 1. The molecule has 1 N–H and O–H groups in total. The van der Waals surface area contributed by atoms with Gasteiger partial charge in [-0.1, -0.05) is 48.9 Å². The summed E-state index contributed by atoms with van der Waals surface area (Å²) in [6.07, 6.45) is 2.58. The van der Waals surface area contributed by atoms with E-state index in [-0.39, 0.29) is 11.6 Å². The molecule has 152 valence electrons. The highest BCUT2D eigenvalue weighted by atomic mass is 35.5. The lowest BCUT2D eigenvalue weighted by atomic mass is 10.1. The summed E-state index contributed by atoms with van der Waals surface area (Å²) in [6.45, 7) is 6.02. The highest BCUT2D eigenvalue weighted by Crippen LogP contribution is 2.27. The molecule has 4 aromatic rings. The zero-order valence-corrected chi connectivity index (χ0v) is 17.9. The molecule has 0 fully saturated rings. The van der Waals surface area contributed by atoms with Gasteiger partial charge in [0, 0.05) is 29.6 Å². The maximum atomic E-state index is 13.5. The fourth-order valence-corrected chi connectivity index (χ4v) is 3.84. The Labute approximate surface area is 180 Å². The molecule has 2 aromatic heterocycles. The first kappa shape index (κ1) is 20.1. The summed E-state index contributed by atoms with van der Waals surface area (Å²) in [4.78, 5) is 22.5. The van der Waals surface area contributed by atoms with Crippen molar-refractivity contribution >= 4 is 28.2 Å². The largest absolute Gasteiger partial charge is 0.362 e. The van der Waals surface area contributed by atoms with E-state index in [0.29, 0.717) is 10.4 Å². The standard InChI is InChI=1S/C24H23ClN4O/c1-4-21-26-14-15(2)23(28-21)27-16(3)20-13-17-9-8-12-19(25)22(17)24(30)29(20)18-10-6-5-7-11-18/h5-14,16H,4H2,1-3H3,(H,26,27,28)/t16-/m1/s1. The van der Waals surface area contributed by atoms with Gasteiger partial charge in [0.25, 0.3) is 5.56 Å². The fraction of sp³-hybridized carbons (Fsp3) is 0.208. The number of benzene rings is 2. The second-order valence-electron chi connectivity index (χ2n) is 7.29. The van der Waals surface area contributed by atoms with E-state index in [4.69, 9.17) is 11.6 Å². The molecule has 5 nitrogen and oxygen atoms in total. The van der Waals surface area contributed by atoms with Crippen LogP contribution in [0.4, 0.5) is 5.82 Å². The van der Waals surface area contributed by atoms with Crippen molar-refractivity contribution in [1.82, 2.24) is 14.5 Å². The molecule has 0 bridgehead atoms. The van der Waals surface area contributed by atoms with Gasteiger partial charge in [-0.15, -0.1) is 0 Å². The Morgan fingerprint density at radius 3 is 2.63 bits per heavy atom. The van der Waals surface area contributed by atoms with Gasteiger partial charge in [0.15, 0.2) is 0 Å². The Morgan fingerprint density at radius 2 is 1.90 bits per heavy atom. The third-order valence-electron chi connectivity index (χ3n) is 5.17. The highest BCUT2D eigenvalue weighted by Gasteiger charge is 2.18. The first-order chi connectivity index (χ1) is 14.5.